The molecule has 1 aliphatic rings. The van der Waals surface area contributed by atoms with E-state index in [0.29, 0.717) is 11.3 Å². The van der Waals surface area contributed by atoms with E-state index < -0.39 is 26.0 Å². The van der Waals surface area contributed by atoms with E-state index in [2.05, 4.69) is 4.72 Å². The summed E-state index contributed by atoms with van der Waals surface area (Å²) in [7, 11) is -3.81. The van der Waals surface area contributed by atoms with Crippen LogP contribution in [0, 0.1) is 6.92 Å². The van der Waals surface area contributed by atoms with Gasteiger partial charge in [-0.3, -0.25) is 9.52 Å². The maximum Gasteiger partial charge on any atom is 0.262 e. The Kier molecular flexibility index (Phi) is 5.11. The van der Waals surface area contributed by atoms with Crippen LogP contribution in [-0.2, 0) is 24.8 Å². The first kappa shape index (κ1) is 20.2. The zero-order chi connectivity index (χ0) is 20.7. The number of hydrogen-bond donors (Lipinski definition) is 1. The summed E-state index contributed by atoms with van der Waals surface area (Å²) in [6, 6.07) is 10.9. The van der Waals surface area contributed by atoms with Crippen molar-refractivity contribution in [3.8, 4) is 0 Å². The fraction of sp³-hybridized carbons (Fsp3) is 0.278. The van der Waals surface area contributed by atoms with Crippen LogP contribution >= 0.6 is 0 Å². The number of anilines is 3. The van der Waals surface area contributed by atoms with Gasteiger partial charge in [0.2, 0.25) is 15.9 Å². The van der Waals surface area contributed by atoms with Crippen LogP contribution in [0.4, 0.5) is 17.1 Å². The molecule has 0 radical (unpaired) electrons. The summed E-state index contributed by atoms with van der Waals surface area (Å²) in [6.07, 6.45) is -0.0774. The zero-order valence-electron chi connectivity index (χ0n) is 15.7. The molecule has 1 N–H and O–H groups in total. The second kappa shape index (κ2) is 7.10. The third-order valence-corrected chi connectivity index (χ3v) is 7.63. The molecule has 2 aromatic rings. The molecule has 0 aromatic heterocycles. The molecule has 0 saturated carbocycles. The second-order valence-corrected chi connectivity index (χ2v) is 10.3. The molecule has 0 atom stereocenters. The predicted molar refractivity (Wildman–Crippen MR) is 109 cm³/mol. The van der Waals surface area contributed by atoms with Crippen molar-refractivity contribution in [2.45, 2.75) is 18.2 Å². The van der Waals surface area contributed by atoms with Crippen LogP contribution in [0.2, 0.25) is 0 Å². The molecular weight excluding hydrogens is 402 g/mol. The largest absolute Gasteiger partial charge is 0.378 e. The molecule has 0 spiro atoms. The van der Waals surface area contributed by atoms with Gasteiger partial charge in [0.15, 0.2) is 0 Å². The normalized spacial score (nSPS) is 16.2. The number of rotatable bonds is 5. The highest BCUT2D eigenvalue weighted by molar-refractivity contribution is 7.94. The first-order chi connectivity index (χ1) is 13.0. The van der Waals surface area contributed by atoms with Crippen LogP contribution in [0.25, 0.3) is 0 Å². The average Bonchev–Trinajstić information content (AvgIpc) is 2.87. The van der Waals surface area contributed by atoms with E-state index in [1.807, 2.05) is 19.0 Å². The highest BCUT2D eigenvalue weighted by Crippen LogP contribution is 2.29. The number of amides is 1. The molecule has 3 rings (SSSR count). The van der Waals surface area contributed by atoms with Crippen LogP contribution in [0.3, 0.4) is 0 Å². The van der Waals surface area contributed by atoms with Gasteiger partial charge in [0.1, 0.15) is 0 Å². The minimum atomic E-state index is -3.88. The third-order valence-electron chi connectivity index (χ3n) is 4.40. The van der Waals surface area contributed by atoms with Crippen molar-refractivity contribution in [1.29, 1.82) is 0 Å². The van der Waals surface area contributed by atoms with E-state index in [9.17, 15) is 21.6 Å². The van der Waals surface area contributed by atoms with Gasteiger partial charge < -0.3 is 4.90 Å². The topological polar surface area (TPSA) is 104 Å². The summed E-state index contributed by atoms with van der Waals surface area (Å²) >= 11 is 0. The van der Waals surface area contributed by atoms with Gasteiger partial charge in [0, 0.05) is 31.9 Å². The maximum atomic E-state index is 12.7. The standard InChI is InChI=1S/C18H21N3O5S2/c1-13-12-16(21-18(22)10-11-27(21,23)24)8-9-17(13)28(25,26)19-14-4-6-15(7-5-14)20(2)3/h4-9,12,19H,10-11H2,1-3H3. The number of benzene rings is 2. The van der Waals surface area contributed by atoms with Crippen molar-refractivity contribution >= 4 is 43.0 Å². The number of nitrogens with one attached hydrogen (secondary N) is 1. The Bertz CT molecular complexity index is 1120. The summed E-state index contributed by atoms with van der Waals surface area (Å²) < 4.78 is 52.8. The number of aryl methyl sites for hydroxylation is 1. The van der Waals surface area contributed by atoms with Gasteiger partial charge in [-0.15, -0.1) is 0 Å². The Hall–Kier alpha value is -2.59. The fourth-order valence-electron chi connectivity index (χ4n) is 2.97. The Morgan fingerprint density at radius 2 is 1.71 bits per heavy atom. The van der Waals surface area contributed by atoms with Crippen LogP contribution in [0.5, 0.6) is 0 Å². The highest BCUT2D eigenvalue weighted by Gasteiger charge is 2.36. The van der Waals surface area contributed by atoms with Crippen molar-refractivity contribution < 1.29 is 21.6 Å². The van der Waals surface area contributed by atoms with Gasteiger partial charge in [0.05, 0.1) is 16.3 Å². The van der Waals surface area contributed by atoms with Crippen LogP contribution in [0.15, 0.2) is 47.4 Å². The lowest BCUT2D eigenvalue weighted by atomic mass is 10.2. The number of carbonyl (C=O) groups is 1. The van der Waals surface area contributed by atoms with Crippen LogP contribution in [0.1, 0.15) is 12.0 Å². The van der Waals surface area contributed by atoms with Gasteiger partial charge in [-0.25, -0.2) is 21.1 Å². The van der Waals surface area contributed by atoms with E-state index in [-0.39, 0.29) is 22.8 Å². The average molecular weight is 424 g/mol. The van der Waals surface area contributed by atoms with E-state index in [0.717, 1.165) is 9.99 Å². The molecule has 8 nitrogen and oxygen atoms in total. The first-order valence-corrected chi connectivity index (χ1v) is 11.6. The van der Waals surface area contributed by atoms with Crippen molar-refractivity contribution in [2.24, 2.45) is 0 Å². The molecule has 2 aromatic carbocycles. The molecule has 1 amide bonds. The molecular formula is C18H21N3O5S2. The van der Waals surface area contributed by atoms with E-state index >= 15 is 0 Å². The summed E-state index contributed by atoms with van der Waals surface area (Å²) in [6.45, 7) is 1.56. The number of nitrogens with zero attached hydrogens (tertiary/aromatic N) is 2. The van der Waals surface area contributed by atoms with Gasteiger partial charge in [0.25, 0.3) is 10.0 Å². The Balaban J connectivity index is 1.89. The van der Waals surface area contributed by atoms with Crippen molar-refractivity contribution in [3.63, 3.8) is 0 Å². The smallest absolute Gasteiger partial charge is 0.262 e. The quantitative estimate of drug-likeness (QED) is 0.788. The molecule has 1 heterocycles. The Morgan fingerprint density at radius 1 is 1.07 bits per heavy atom. The summed E-state index contributed by atoms with van der Waals surface area (Å²) in [5, 5.41) is 0. The zero-order valence-corrected chi connectivity index (χ0v) is 17.3. The second-order valence-electron chi connectivity index (χ2n) is 6.72. The van der Waals surface area contributed by atoms with Crippen LogP contribution < -0.4 is 13.9 Å². The molecule has 150 valence electrons. The first-order valence-electron chi connectivity index (χ1n) is 8.48. The van der Waals surface area contributed by atoms with Crippen molar-refractivity contribution in [1.82, 2.24) is 0 Å². The molecule has 0 unspecified atom stereocenters. The van der Waals surface area contributed by atoms with Crippen molar-refractivity contribution in [3.05, 3.63) is 48.0 Å². The monoisotopic (exact) mass is 423 g/mol. The molecule has 1 saturated heterocycles. The fourth-order valence-corrected chi connectivity index (χ4v) is 5.71. The Morgan fingerprint density at radius 3 is 2.21 bits per heavy atom. The van der Waals surface area contributed by atoms with Gasteiger partial charge >= 0.3 is 0 Å². The number of sulfonamides is 2. The predicted octanol–water partition coefficient (Wildman–Crippen LogP) is 1.93. The number of hydrogen-bond acceptors (Lipinski definition) is 6. The van der Waals surface area contributed by atoms with Crippen LogP contribution in [-0.4, -0.2) is 42.6 Å². The lowest BCUT2D eigenvalue weighted by molar-refractivity contribution is -0.116. The lowest BCUT2D eigenvalue weighted by Crippen LogP contribution is -2.29. The third kappa shape index (κ3) is 3.83. The van der Waals surface area contributed by atoms with Crippen molar-refractivity contribution in [2.75, 3.05) is 33.8 Å². The molecule has 0 bridgehead atoms. The molecule has 0 aliphatic carbocycles. The summed E-state index contributed by atoms with van der Waals surface area (Å²) in [5.74, 6) is -0.760. The molecule has 1 aliphatic heterocycles. The number of carbonyl (C=O) groups excluding carboxylic acids is 1. The van der Waals surface area contributed by atoms with Gasteiger partial charge in [-0.1, -0.05) is 0 Å². The maximum absolute atomic E-state index is 12.7. The summed E-state index contributed by atoms with van der Waals surface area (Å²) in [5.41, 5.74) is 1.82. The molecule has 1 fully saturated rings. The van der Waals surface area contributed by atoms with E-state index in [1.165, 1.54) is 18.2 Å². The minimum Gasteiger partial charge on any atom is -0.378 e. The molecule has 10 heteroatoms. The summed E-state index contributed by atoms with van der Waals surface area (Å²) in [4.78, 5) is 13.8. The van der Waals surface area contributed by atoms with Gasteiger partial charge in [-0.2, -0.15) is 0 Å². The Labute approximate surface area is 164 Å². The SMILES string of the molecule is Cc1cc(N2C(=O)CCS2(=O)=O)ccc1S(=O)(=O)Nc1ccc(N(C)C)cc1. The minimum absolute atomic E-state index is 0.0111. The van der Waals surface area contributed by atoms with Gasteiger partial charge in [-0.05, 0) is 55.0 Å². The van der Waals surface area contributed by atoms with E-state index in [4.69, 9.17) is 0 Å². The lowest BCUT2D eigenvalue weighted by Gasteiger charge is -2.17. The van der Waals surface area contributed by atoms with E-state index in [1.54, 1.807) is 31.2 Å². The highest BCUT2D eigenvalue weighted by atomic mass is 32.2. The molecule has 28 heavy (non-hydrogen) atoms.